The zero-order valence-corrected chi connectivity index (χ0v) is 10.7. The molecule has 0 bridgehead atoms. The molecule has 2 aliphatic heterocycles. The van der Waals surface area contributed by atoms with Crippen molar-refractivity contribution >= 4 is 11.6 Å². The van der Waals surface area contributed by atoms with E-state index in [2.05, 4.69) is 15.2 Å². The molecule has 5 nitrogen and oxygen atoms in total. The maximum atomic E-state index is 11.4. The van der Waals surface area contributed by atoms with Crippen LogP contribution >= 0.6 is 0 Å². The largest absolute Gasteiger partial charge is 0.370 e. The van der Waals surface area contributed by atoms with Gasteiger partial charge in [0.1, 0.15) is 11.8 Å². The Hall–Kier alpha value is -2.09. The van der Waals surface area contributed by atoms with E-state index in [-0.39, 0.29) is 5.91 Å². The number of amides is 1. The zero-order chi connectivity index (χ0) is 13.2. The molecule has 19 heavy (non-hydrogen) atoms. The molecule has 2 fully saturated rings. The number of piperidine rings is 2. The average molecular weight is 256 g/mol. The Labute approximate surface area is 112 Å². The number of hydrogen-bond donors (Lipinski definition) is 1. The molecule has 98 valence electrons. The number of nitrogens with zero attached hydrogens (tertiary/aromatic N) is 3. The van der Waals surface area contributed by atoms with E-state index < -0.39 is 0 Å². The quantitative estimate of drug-likeness (QED) is 0.815. The molecule has 1 aromatic rings. The summed E-state index contributed by atoms with van der Waals surface area (Å²) in [6.07, 6.45) is 4.36. The minimum atomic E-state index is 0.190. The molecular formula is C14H16N4O. The fourth-order valence-corrected chi connectivity index (χ4v) is 2.98. The van der Waals surface area contributed by atoms with Crippen molar-refractivity contribution in [3.05, 3.63) is 24.0 Å². The molecule has 2 aliphatic rings. The van der Waals surface area contributed by atoms with Crippen LogP contribution in [0.3, 0.4) is 0 Å². The lowest BCUT2D eigenvalue weighted by molar-refractivity contribution is -0.124. The number of anilines is 1. The summed E-state index contributed by atoms with van der Waals surface area (Å²) in [5, 5.41) is 11.8. The van der Waals surface area contributed by atoms with Crippen LogP contribution < -0.4 is 10.2 Å². The maximum absolute atomic E-state index is 11.4. The Bertz CT molecular complexity index is 519. The monoisotopic (exact) mass is 256 g/mol. The second-order valence-electron chi connectivity index (χ2n) is 5.22. The Balaban J connectivity index is 1.70. The summed E-state index contributed by atoms with van der Waals surface area (Å²) in [7, 11) is 0. The second-order valence-corrected chi connectivity index (χ2v) is 5.22. The van der Waals surface area contributed by atoms with Gasteiger partial charge in [-0.2, -0.15) is 5.26 Å². The third-order valence-electron chi connectivity index (χ3n) is 4.05. The molecule has 1 N–H and O–H groups in total. The third-order valence-corrected chi connectivity index (χ3v) is 4.05. The number of nitrogens with one attached hydrogen (secondary N) is 1. The van der Waals surface area contributed by atoms with Crippen molar-refractivity contribution in [1.82, 2.24) is 10.3 Å². The lowest BCUT2D eigenvalue weighted by atomic mass is 9.85. The van der Waals surface area contributed by atoms with Crippen LogP contribution in [-0.2, 0) is 4.79 Å². The van der Waals surface area contributed by atoms with E-state index in [0.29, 0.717) is 24.1 Å². The predicted octanol–water partition coefficient (Wildman–Crippen LogP) is 1.06. The molecular weight excluding hydrogens is 240 g/mol. The van der Waals surface area contributed by atoms with Crippen molar-refractivity contribution in [1.29, 1.82) is 5.26 Å². The summed E-state index contributed by atoms with van der Waals surface area (Å²) in [4.78, 5) is 17.8. The topological polar surface area (TPSA) is 69.0 Å². The number of aromatic nitrogens is 1. The van der Waals surface area contributed by atoms with E-state index in [4.69, 9.17) is 5.26 Å². The van der Waals surface area contributed by atoms with Gasteiger partial charge in [-0.05, 0) is 30.9 Å². The third kappa shape index (κ3) is 2.39. The van der Waals surface area contributed by atoms with Crippen LogP contribution in [0.1, 0.15) is 25.0 Å². The van der Waals surface area contributed by atoms with Gasteiger partial charge in [-0.25, -0.2) is 4.98 Å². The molecule has 1 aromatic heterocycles. The first-order valence-electron chi connectivity index (χ1n) is 6.67. The molecule has 3 heterocycles. The van der Waals surface area contributed by atoms with Crippen molar-refractivity contribution in [3.8, 4) is 6.07 Å². The van der Waals surface area contributed by atoms with Crippen LogP contribution in [0.2, 0.25) is 0 Å². The number of hydrogen-bond acceptors (Lipinski definition) is 4. The fourth-order valence-electron chi connectivity index (χ4n) is 2.98. The molecule has 1 amide bonds. The van der Waals surface area contributed by atoms with Gasteiger partial charge in [0.2, 0.25) is 5.91 Å². The minimum Gasteiger partial charge on any atom is -0.370 e. The predicted molar refractivity (Wildman–Crippen MR) is 70.4 cm³/mol. The van der Waals surface area contributed by atoms with Gasteiger partial charge in [0.05, 0.1) is 11.9 Å². The van der Waals surface area contributed by atoms with Crippen LogP contribution in [0.25, 0.3) is 0 Å². The van der Waals surface area contributed by atoms with E-state index in [1.807, 2.05) is 12.1 Å². The Morgan fingerprint density at radius 1 is 1.42 bits per heavy atom. The number of fused-ring (bicyclic) bond motifs is 1. The normalized spacial score (nSPS) is 26.3. The molecule has 0 aromatic carbocycles. The number of nitriles is 1. The lowest BCUT2D eigenvalue weighted by Crippen LogP contribution is -2.54. The highest BCUT2D eigenvalue weighted by Crippen LogP contribution is 2.28. The van der Waals surface area contributed by atoms with Gasteiger partial charge in [0.15, 0.2) is 0 Å². The van der Waals surface area contributed by atoms with Crippen LogP contribution in [0.5, 0.6) is 0 Å². The molecule has 5 heteroatoms. The number of rotatable bonds is 1. The van der Waals surface area contributed by atoms with Crippen molar-refractivity contribution in [2.75, 3.05) is 18.0 Å². The van der Waals surface area contributed by atoms with Gasteiger partial charge < -0.3 is 10.2 Å². The first-order valence-corrected chi connectivity index (χ1v) is 6.67. The van der Waals surface area contributed by atoms with Crippen LogP contribution in [0, 0.1) is 17.2 Å². The van der Waals surface area contributed by atoms with Gasteiger partial charge >= 0.3 is 0 Å². The molecule has 0 spiro atoms. The Morgan fingerprint density at radius 3 is 3.05 bits per heavy atom. The van der Waals surface area contributed by atoms with Gasteiger partial charge in [0.25, 0.3) is 0 Å². The first kappa shape index (κ1) is 12.0. The summed E-state index contributed by atoms with van der Waals surface area (Å²) in [5.74, 6) is 0.719. The highest BCUT2D eigenvalue weighted by Gasteiger charge is 2.33. The maximum Gasteiger partial charge on any atom is 0.220 e. The van der Waals surface area contributed by atoms with E-state index in [1.54, 1.807) is 12.3 Å². The van der Waals surface area contributed by atoms with E-state index in [0.717, 1.165) is 31.6 Å². The van der Waals surface area contributed by atoms with Crippen LogP contribution in [0.4, 0.5) is 5.69 Å². The van der Waals surface area contributed by atoms with Crippen molar-refractivity contribution in [2.24, 2.45) is 5.92 Å². The lowest BCUT2D eigenvalue weighted by Gasteiger charge is -2.42. The first-order chi connectivity index (χ1) is 9.26. The van der Waals surface area contributed by atoms with Crippen molar-refractivity contribution < 1.29 is 4.79 Å². The SMILES string of the molecule is N#Cc1ccc(N2CCC3NC(=O)CCC3C2)cn1. The molecule has 2 atom stereocenters. The summed E-state index contributed by atoms with van der Waals surface area (Å²) >= 11 is 0. The smallest absolute Gasteiger partial charge is 0.220 e. The second kappa shape index (κ2) is 4.88. The number of pyridine rings is 1. The molecule has 2 saturated heterocycles. The van der Waals surface area contributed by atoms with Gasteiger partial charge in [-0.15, -0.1) is 0 Å². The fraction of sp³-hybridized carbons (Fsp3) is 0.500. The van der Waals surface area contributed by atoms with E-state index >= 15 is 0 Å². The van der Waals surface area contributed by atoms with Gasteiger partial charge in [-0.3, -0.25) is 4.79 Å². The van der Waals surface area contributed by atoms with Crippen molar-refractivity contribution in [3.63, 3.8) is 0 Å². The van der Waals surface area contributed by atoms with Gasteiger partial charge in [-0.1, -0.05) is 0 Å². The summed E-state index contributed by atoms with van der Waals surface area (Å²) in [5.41, 5.74) is 1.51. The van der Waals surface area contributed by atoms with Crippen molar-refractivity contribution in [2.45, 2.75) is 25.3 Å². The minimum absolute atomic E-state index is 0.190. The summed E-state index contributed by atoms with van der Waals surface area (Å²) in [6.45, 7) is 1.88. The highest BCUT2D eigenvalue weighted by atomic mass is 16.1. The summed E-state index contributed by atoms with van der Waals surface area (Å²) in [6, 6.07) is 6.07. The van der Waals surface area contributed by atoms with Crippen LogP contribution in [-0.4, -0.2) is 30.0 Å². The number of carbonyl (C=O) groups is 1. The Kier molecular flexibility index (Phi) is 3.08. The number of carbonyl (C=O) groups excluding carboxylic acids is 1. The highest BCUT2D eigenvalue weighted by molar-refractivity contribution is 5.77. The zero-order valence-electron chi connectivity index (χ0n) is 10.7. The van der Waals surface area contributed by atoms with Gasteiger partial charge in [0, 0.05) is 25.6 Å². The standard InChI is InChI=1S/C14H16N4O/c15-7-11-2-3-12(8-16-11)18-6-5-13-10(9-18)1-4-14(19)17-13/h2-3,8,10,13H,1,4-6,9H2,(H,17,19). The van der Waals surface area contributed by atoms with E-state index in [1.165, 1.54) is 0 Å². The molecule has 0 radical (unpaired) electrons. The average Bonchev–Trinajstić information content (AvgIpc) is 2.47. The molecule has 2 unspecified atom stereocenters. The molecule has 0 saturated carbocycles. The molecule has 0 aliphatic carbocycles. The molecule has 3 rings (SSSR count). The van der Waals surface area contributed by atoms with Crippen LogP contribution in [0.15, 0.2) is 18.3 Å². The summed E-state index contributed by atoms with van der Waals surface area (Å²) < 4.78 is 0. The van der Waals surface area contributed by atoms with E-state index in [9.17, 15) is 4.79 Å². The Morgan fingerprint density at radius 2 is 2.32 bits per heavy atom.